The van der Waals surface area contributed by atoms with Gasteiger partial charge in [0.2, 0.25) is 0 Å². The van der Waals surface area contributed by atoms with Gasteiger partial charge in [0.15, 0.2) is 0 Å². The van der Waals surface area contributed by atoms with Gasteiger partial charge < -0.3 is 16.1 Å². The minimum atomic E-state index is -1.67. The van der Waals surface area contributed by atoms with E-state index in [1.165, 1.54) is 30.5 Å². The molecule has 2 unspecified atom stereocenters. The molecule has 0 radical (unpaired) electrons. The molecule has 2 aromatic heterocycles. The highest BCUT2D eigenvalue weighted by molar-refractivity contribution is 6.35. The van der Waals surface area contributed by atoms with Gasteiger partial charge in [-0.1, -0.05) is 54.1 Å². The van der Waals surface area contributed by atoms with E-state index in [0.29, 0.717) is 33.5 Å². The summed E-state index contributed by atoms with van der Waals surface area (Å²) in [6.45, 7) is 0. The Morgan fingerprint density at radius 1 is 1.00 bits per heavy atom. The van der Waals surface area contributed by atoms with Crippen LogP contribution in [-0.4, -0.2) is 9.97 Å². The van der Waals surface area contributed by atoms with Crippen LogP contribution in [0.3, 0.4) is 0 Å². The molecule has 44 heavy (non-hydrogen) atoms. The van der Waals surface area contributed by atoms with Crippen molar-refractivity contribution < 1.29 is 5.76 Å². The molecule has 5 aromatic rings. The minimum absolute atomic E-state index is 0.144. The Hall–Kier alpha value is -5.68. The predicted molar refractivity (Wildman–Crippen MR) is 168 cm³/mol. The molecule has 0 spiro atoms. The van der Waals surface area contributed by atoms with E-state index in [0.717, 1.165) is 11.3 Å². The lowest BCUT2D eigenvalue weighted by Gasteiger charge is -2.23. The topological polar surface area (TPSA) is 125 Å². The summed E-state index contributed by atoms with van der Waals surface area (Å²) in [6.07, 6.45) is 6.62. The first kappa shape index (κ1) is 27.2. The molecule has 2 atom stereocenters. The highest BCUT2D eigenvalue weighted by Gasteiger charge is 2.24. The van der Waals surface area contributed by atoms with Gasteiger partial charge in [0, 0.05) is 29.7 Å². The van der Waals surface area contributed by atoms with Crippen LogP contribution >= 0.6 is 11.6 Å². The van der Waals surface area contributed by atoms with Crippen molar-refractivity contribution in [2.45, 2.75) is 18.5 Å². The number of nitrogens with zero attached hydrogens (tertiary/aromatic N) is 5. The lowest BCUT2D eigenvalue weighted by molar-refractivity contribution is 0.621. The molecule has 0 saturated carbocycles. The minimum Gasteiger partial charge on any atom is -0.376 e. The van der Waals surface area contributed by atoms with Crippen LogP contribution in [0.5, 0.6) is 0 Å². The molecule has 3 heterocycles. The highest BCUT2D eigenvalue weighted by Crippen LogP contribution is 2.37. The van der Waals surface area contributed by atoms with Gasteiger partial charge in [-0.15, -0.1) is 5.53 Å². The Balaban J connectivity index is 1.45. The van der Waals surface area contributed by atoms with E-state index >= 15 is 0 Å². The Morgan fingerprint density at radius 2 is 1.82 bits per heavy atom. The number of rotatable bonds is 9. The molecule has 4 N–H and O–H groups in total. The zero-order valence-electron chi connectivity index (χ0n) is 24.1. The zero-order chi connectivity index (χ0) is 31.4. The van der Waals surface area contributed by atoms with Crippen LogP contribution in [0.2, 0.25) is 5.02 Å². The quantitative estimate of drug-likeness (QED) is 0.143. The molecule has 6 rings (SSSR count). The summed E-state index contributed by atoms with van der Waals surface area (Å²) in [6, 6.07) is 24.5. The number of aromatic nitrogens is 2. The maximum atomic E-state index is 14.0. The van der Waals surface area contributed by atoms with E-state index in [2.05, 4.69) is 43.7 Å². The second-order valence-corrected chi connectivity index (χ2v) is 10.3. The fraction of sp³-hybridized carbons (Fsp3) is 0.0909. The van der Waals surface area contributed by atoms with Crippen LogP contribution in [0.1, 0.15) is 36.5 Å². The highest BCUT2D eigenvalue weighted by atomic mass is 35.5. The molecule has 0 saturated heterocycles. The molecule has 0 bridgehead atoms. The van der Waals surface area contributed by atoms with Gasteiger partial charge >= 0.3 is 0 Å². The summed E-state index contributed by atoms with van der Waals surface area (Å²) >= 11 is 6.77. The number of pyridine rings is 2. The summed E-state index contributed by atoms with van der Waals surface area (Å²) in [5.74, 6) is -0.436. The maximum absolute atomic E-state index is 14.0. The number of anilines is 3. The number of fused-ring (bicyclic) bond motifs is 1. The van der Waals surface area contributed by atoms with Gasteiger partial charge in [-0.05, 0) is 47.5 Å². The van der Waals surface area contributed by atoms with Crippen molar-refractivity contribution in [2.24, 2.45) is 0 Å². The van der Waals surface area contributed by atoms with E-state index in [1.807, 2.05) is 36.4 Å². The van der Waals surface area contributed by atoms with E-state index < -0.39 is 17.9 Å². The SMILES string of the molecule is [2H]C(Nc1cc(Cl)c2ncc(C#N)c(NC(CC#N)c3ccccc3)c2c1)(C1=CN(c2cccnc2)NN1)c1ccc(F)cc1. The molecular formula is C33H25ClFN9. The molecule has 0 amide bonds. The molecular weight excluding hydrogens is 577 g/mol. The average molecular weight is 603 g/mol. The van der Waals surface area contributed by atoms with E-state index in [9.17, 15) is 16.3 Å². The van der Waals surface area contributed by atoms with Crippen LogP contribution < -0.4 is 26.6 Å². The molecule has 1 aliphatic rings. The summed E-state index contributed by atoms with van der Waals surface area (Å²) in [7, 11) is 0. The molecule has 216 valence electrons. The Morgan fingerprint density at radius 3 is 2.55 bits per heavy atom. The van der Waals surface area contributed by atoms with Crippen molar-refractivity contribution >= 4 is 39.6 Å². The molecule has 0 aliphatic carbocycles. The van der Waals surface area contributed by atoms with E-state index in [-0.39, 0.29) is 17.0 Å². The van der Waals surface area contributed by atoms with Gasteiger partial charge in [0.25, 0.3) is 0 Å². The fourth-order valence-electron chi connectivity index (χ4n) is 4.91. The summed E-state index contributed by atoms with van der Waals surface area (Å²) in [5.41, 5.74) is 10.1. The van der Waals surface area contributed by atoms with Crippen LogP contribution in [0.4, 0.5) is 21.5 Å². The molecule has 9 nitrogen and oxygen atoms in total. The van der Waals surface area contributed by atoms with E-state index in [4.69, 9.17) is 11.6 Å². The molecule has 0 fully saturated rings. The second-order valence-electron chi connectivity index (χ2n) is 9.85. The fourth-order valence-corrected chi connectivity index (χ4v) is 5.18. The number of nitrogens with one attached hydrogen (secondary N) is 4. The summed E-state index contributed by atoms with van der Waals surface area (Å²) in [4.78, 5) is 8.60. The second kappa shape index (κ2) is 12.7. The van der Waals surface area contributed by atoms with Gasteiger partial charge in [-0.25, -0.2) is 4.39 Å². The monoisotopic (exact) mass is 602 g/mol. The van der Waals surface area contributed by atoms with Crippen LogP contribution in [0.25, 0.3) is 10.9 Å². The Labute approximate surface area is 259 Å². The first-order chi connectivity index (χ1) is 21.9. The first-order valence-electron chi connectivity index (χ1n) is 14.1. The number of halogens is 2. The maximum Gasteiger partial charge on any atom is 0.123 e. The predicted octanol–water partition coefficient (Wildman–Crippen LogP) is 6.88. The van der Waals surface area contributed by atoms with Crippen molar-refractivity contribution in [1.29, 1.82) is 10.5 Å². The lowest BCUT2D eigenvalue weighted by Crippen LogP contribution is -2.37. The smallest absolute Gasteiger partial charge is 0.123 e. The number of benzene rings is 3. The third-order valence-corrected chi connectivity index (χ3v) is 7.31. The van der Waals surface area contributed by atoms with Crippen molar-refractivity contribution in [3.8, 4) is 12.1 Å². The van der Waals surface area contributed by atoms with Gasteiger partial charge in [0.1, 0.15) is 11.9 Å². The number of nitriles is 2. The third-order valence-electron chi connectivity index (χ3n) is 7.03. The van der Waals surface area contributed by atoms with Crippen LogP contribution in [0, 0.1) is 28.5 Å². The zero-order valence-corrected chi connectivity index (χ0v) is 23.8. The average Bonchev–Trinajstić information content (AvgIpc) is 3.57. The van der Waals surface area contributed by atoms with Crippen LogP contribution in [0.15, 0.2) is 109 Å². The Bertz CT molecular complexity index is 1960. The van der Waals surface area contributed by atoms with Gasteiger partial charge in [0.05, 0.1) is 65.3 Å². The number of hydrogen-bond donors (Lipinski definition) is 4. The molecule has 11 heteroatoms. The molecule has 3 aromatic carbocycles. The first-order valence-corrected chi connectivity index (χ1v) is 14.0. The Kier molecular flexibility index (Phi) is 7.83. The largest absolute Gasteiger partial charge is 0.376 e. The summed E-state index contributed by atoms with van der Waals surface area (Å²) < 4.78 is 23.7. The van der Waals surface area contributed by atoms with Crippen LogP contribution in [-0.2, 0) is 0 Å². The van der Waals surface area contributed by atoms with Crippen molar-refractivity contribution in [2.75, 3.05) is 15.6 Å². The summed E-state index contributed by atoms with van der Waals surface area (Å²) in [5, 5.41) is 28.7. The number of hydrogen-bond acceptors (Lipinski definition) is 9. The van der Waals surface area contributed by atoms with Crippen molar-refractivity contribution in [1.82, 2.24) is 20.9 Å². The van der Waals surface area contributed by atoms with Gasteiger partial charge in [-0.2, -0.15) is 10.5 Å². The lowest BCUT2D eigenvalue weighted by atomic mass is 10.0. The van der Waals surface area contributed by atoms with Crippen molar-refractivity contribution in [3.05, 3.63) is 137 Å². The van der Waals surface area contributed by atoms with Crippen molar-refractivity contribution in [3.63, 3.8) is 0 Å². The standard InChI is InChI=1S/C33H25ClFN9/c34-28-16-25(15-27-31(23(17-37)18-39-33(27)28)41-29(12-13-36)21-5-2-1-3-6-21)40-32(22-8-10-24(35)11-9-22)30-20-44(43-42-30)26-7-4-14-38-19-26/h1-11,14-16,18-20,29,32,40,42-43H,12H2,(H,39,41)/i32D. The number of hydrazine groups is 2. The van der Waals surface area contributed by atoms with E-state index in [1.54, 1.807) is 41.8 Å². The molecule has 1 aliphatic heterocycles. The third kappa shape index (κ3) is 5.94. The normalized spacial score (nSPS) is 14.8. The van der Waals surface area contributed by atoms with Gasteiger partial charge in [-0.3, -0.25) is 15.0 Å².